The van der Waals surface area contributed by atoms with Crippen LogP contribution < -0.4 is 0 Å². The van der Waals surface area contributed by atoms with Gasteiger partial charge in [0.2, 0.25) is 0 Å². The highest BCUT2D eigenvalue weighted by Gasteiger charge is 2.34. The standard InChI is InChI=1S/C10H9BrF2O3/c1-2-16-9(15)8-6(10(11,12)13)4-3-5-7(8)14/h3-5,14H,2H2,1H3. The molecule has 16 heavy (non-hydrogen) atoms. The Morgan fingerprint density at radius 3 is 2.69 bits per heavy atom. The molecule has 0 saturated carbocycles. The Balaban J connectivity index is 3.30. The maximum atomic E-state index is 13.1. The van der Waals surface area contributed by atoms with Gasteiger partial charge in [-0.1, -0.05) is 12.1 Å². The van der Waals surface area contributed by atoms with Gasteiger partial charge in [0.25, 0.3) is 0 Å². The molecule has 0 aliphatic carbocycles. The topological polar surface area (TPSA) is 46.5 Å². The first-order chi connectivity index (χ1) is 7.38. The minimum atomic E-state index is -3.40. The average molecular weight is 295 g/mol. The van der Waals surface area contributed by atoms with Gasteiger partial charge in [-0.3, -0.25) is 0 Å². The fraction of sp³-hybridized carbons (Fsp3) is 0.300. The number of hydrogen-bond acceptors (Lipinski definition) is 3. The van der Waals surface area contributed by atoms with Gasteiger partial charge in [0.15, 0.2) is 0 Å². The quantitative estimate of drug-likeness (QED) is 0.688. The predicted molar refractivity (Wildman–Crippen MR) is 56.9 cm³/mol. The predicted octanol–water partition coefficient (Wildman–Crippen LogP) is 3.01. The second-order valence-corrected chi connectivity index (χ2v) is 3.91. The Morgan fingerprint density at radius 1 is 1.56 bits per heavy atom. The molecule has 0 fully saturated rings. The fourth-order valence-electron chi connectivity index (χ4n) is 1.19. The van der Waals surface area contributed by atoms with E-state index < -0.39 is 27.7 Å². The molecule has 0 amide bonds. The number of benzene rings is 1. The van der Waals surface area contributed by atoms with Crippen molar-refractivity contribution in [1.82, 2.24) is 0 Å². The highest BCUT2D eigenvalue weighted by atomic mass is 79.9. The van der Waals surface area contributed by atoms with Crippen LogP contribution in [0, 0.1) is 0 Å². The van der Waals surface area contributed by atoms with Crippen molar-refractivity contribution in [1.29, 1.82) is 0 Å². The van der Waals surface area contributed by atoms with E-state index in [4.69, 9.17) is 0 Å². The number of aromatic hydroxyl groups is 1. The van der Waals surface area contributed by atoms with E-state index in [9.17, 15) is 18.7 Å². The summed E-state index contributed by atoms with van der Waals surface area (Å²) in [6.07, 6.45) is 0. The largest absolute Gasteiger partial charge is 0.507 e. The lowest BCUT2D eigenvalue weighted by atomic mass is 10.1. The van der Waals surface area contributed by atoms with E-state index in [-0.39, 0.29) is 6.61 Å². The van der Waals surface area contributed by atoms with Crippen LogP contribution in [-0.2, 0) is 9.57 Å². The Kier molecular flexibility index (Phi) is 3.85. The Labute approximate surface area is 99.2 Å². The van der Waals surface area contributed by atoms with Gasteiger partial charge < -0.3 is 9.84 Å². The van der Waals surface area contributed by atoms with Gasteiger partial charge in [-0.05, 0) is 28.9 Å². The first-order valence-corrected chi connectivity index (χ1v) is 5.23. The molecule has 0 spiro atoms. The van der Waals surface area contributed by atoms with Crippen LogP contribution >= 0.6 is 15.9 Å². The van der Waals surface area contributed by atoms with Crippen LogP contribution in [0.5, 0.6) is 5.75 Å². The van der Waals surface area contributed by atoms with Crippen molar-refractivity contribution in [2.45, 2.75) is 11.8 Å². The van der Waals surface area contributed by atoms with Crippen molar-refractivity contribution in [2.24, 2.45) is 0 Å². The number of carbonyl (C=O) groups excluding carboxylic acids is 1. The van der Waals surface area contributed by atoms with Gasteiger partial charge in [-0.25, -0.2) is 4.79 Å². The SMILES string of the molecule is CCOC(=O)c1c(O)cccc1C(F)(F)Br. The molecular formula is C10H9BrF2O3. The molecule has 1 aromatic carbocycles. The van der Waals surface area contributed by atoms with Gasteiger partial charge in [-0.2, -0.15) is 8.78 Å². The van der Waals surface area contributed by atoms with Gasteiger partial charge in [0, 0.05) is 0 Å². The van der Waals surface area contributed by atoms with Crippen LogP contribution in [0.25, 0.3) is 0 Å². The molecule has 0 saturated heterocycles. The lowest BCUT2D eigenvalue weighted by Crippen LogP contribution is -2.14. The van der Waals surface area contributed by atoms with Gasteiger partial charge >= 0.3 is 10.8 Å². The normalized spacial score (nSPS) is 11.2. The van der Waals surface area contributed by atoms with Crippen molar-refractivity contribution in [3.63, 3.8) is 0 Å². The van der Waals surface area contributed by atoms with E-state index in [0.717, 1.165) is 12.1 Å². The molecule has 3 nitrogen and oxygen atoms in total. The number of esters is 1. The summed E-state index contributed by atoms with van der Waals surface area (Å²) in [6.45, 7) is 1.59. The summed E-state index contributed by atoms with van der Waals surface area (Å²) in [7, 11) is 0. The third kappa shape index (κ3) is 2.69. The Hall–Kier alpha value is -1.17. The van der Waals surface area contributed by atoms with Gasteiger partial charge in [-0.15, -0.1) is 0 Å². The minimum Gasteiger partial charge on any atom is -0.507 e. The second kappa shape index (κ2) is 4.78. The molecule has 0 radical (unpaired) electrons. The van der Waals surface area contributed by atoms with Crippen molar-refractivity contribution < 1.29 is 23.4 Å². The summed E-state index contributed by atoms with van der Waals surface area (Å²) in [5.41, 5.74) is -1.14. The molecule has 0 unspecified atom stereocenters. The molecule has 1 aromatic rings. The number of alkyl halides is 3. The molecular weight excluding hydrogens is 286 g/mol. The van der Waals surface area contributed by atoms with E-state index in [1.807, 2.05) is 0 Å². The third-order valence-electron chi connectivity index (χ3n) is 1.83. The fourth-order valence-corrected chi connectivity index (χ4v) is 1.52. The second-order valence-electron chi connectivity index (χ2n) is 2.92. The van der Waals surface area contributed by atoms with E-state index in [1.54, 1.807) is 6.92 Å². The van der Waals surface area contributed by atoms with Crippen LogP contribution in [0.1, 0.15) is 22.8 Å². The molecule has 1 rings (SSSR count). The van der Waals surface area contributed by atoms with Crippen molar-refractivity contribution in [3.8, 4) is 5.75 Å². The number of carbonyl (C=O) groups is 1. The van der Waals surface area contributed by atoms with Crippen LogP contribution in [0.15, 0.2) is 18.2 Å². The molecule has 0 atom stereocenters. The number of phenols is 1. The van der Waals surface area contributed by atoms with E-state index >= 15 is 0 Å². The molecule has 0 aliphatic rings. The van der Waals surface area contributed by atoms with Crippen molar-refractivity contribution in [3.05, 3.63) is 29.3 Å². The van der Waals surface area contributed by atoms with Crippen LogP contribution in [0.3, 0.4) is 0 Å². The lowest BCUT2D eigenvalue weighted by Gasteiger charge is -2.14. The minimum absolute atomic E-state index is 0.0421. The van der Waals surface area contributed by atoms with Crippen molar-refractivity contribution >= 4 is 21.9 Å². The van der Waals surface area contributed by atoms with Gasteiger partial charge in [0.05, 0.1) is 12.2 Å². The molecule has 0 aliphatic heterocycles. The molecule has 0 aromatic heterocycles. The summed E-state index contributed by atoms with van der Waals surface area (Å²) in [4.78, 5) is 8.00. The maximum absolute atomic E-state index is 13.1. The van der Waals surface area contributed by atoms with Gasteiger partial charge in [0.1, 0.15) is 11.3 Å². The van der Waals surface area contributed by atoms with E-state index in [1.165, 1.54) is 6.07 Å². The summed E-state index contributed by atoms with van der Waals surface area (Å²) >= 11 is 2.14. The number of ether oxygens (including phenoxy) is 1. The number of rotatable bonds is 3. The smallest absolute Gasteiger partial charge is 0.342 e. The van der Waals surface area contributed by atoms with Crippen molar-refractivity contribution in [2.75, 3.05) is 6.61 Å². The van der Waals surface area contributed by atoms with E-state index in [2.05, 4.69) is 20.7 Å². The first-order valence-electron chi connectivity index (χ1n) is 4.44. The van der Waals surface area contributed by atoms with Crippen LogP contribution in [0.2, 0.25) is 0 Å². The molecule has 1 N–H and O–H groups in total. The summed E-state index contributed by atoms with van der Waals surface area (Å²) in [6, 6.07) is 3.41. The molecule has 0 heterocycles. The number of halogens is 3. The molecule has 0 bridgehead atoms. The van der Waals surface area contributed by atoms with Crippen LogP contribution in [-0.4, -0.2) is 17.7 Å². The lowest BCUT2D eigenvalue weighted by molar-refractivity contribution is 0.0504. The zero-order valence-corrected chi connectivity index (χ0v) is 9.92. The highest BCUT2D eigenvalue weighted by Crippen LogP contribution is 2.39. The third-order valence-corrected chi connectivity index (χ3v) is 2.25. The van der Waals surface area contributed by atoms with Crippen LogP contribution in [0.4, 0.5) is 8.78 Å². The first kappa shape index (κ1) is 12.9. The Bertz CT molecular complexity index is 402. The summed E-state index contributed by atoms with van der Waals surface area (Å²) in [5, 5.41) is 9.40. The molecule has 88 valence electrons. The maximum Gasteiger partial charge on any atom is 0.342 e. The van der Waals surface area contributed by atoms with E-state index in [0.29, 0.717) is 0 Å². The zero-order chi connectivity index (χ0) is 12.3. The highest BCUT2D eigenvalue weighted by molar-refractivity contribution is 9.09. The molecule has 6 heteroatoms. The monoisotopic (exact) mass is 294 g/mol. The number of hydrogen-bond donors (Lipinski definition) is 1. The summed E-state index contributed by atoms with van der Waals surface area (Å²) in [5.74, 6) is -1.51. The Morgan fingerprint density at radius 2 is 2.19 bits per heavy atom. The number of phenolic OH excluding ortho intramolecular Hbond substituents is 1. The summed E-state index contributed by atoms with van der Waals surface area (Å²) < 4.78 is 30.8. The zero-order valence-electron chi connectivity index (χ0n) is 8.34. The average Bonchev–Trinajstić information content (AvgIpc) is 2.16.